The molecule has 19 heavy (non-hydrogen) atoms. The van der Waals surface area contributed by atoms with Crippen LogP contribution in [0.15, 0.2) is 24.3 Å². The summed E-state index contributed by atoms with van der Waals surface area (Å²) in [5.74, 6) is 0.907. The molecule has 1 saturated heterocycles. The molecule has 0 radical (unpaired) electrons. The summed E-state index contributed by atoms with van der Waals surface area (Å²) >= 11 is 0. The van der Waals surface area contributed by atoms with Crippen molar-refractivity contribution in [1.82, 2.24) is 5.32 Å². The first-order chi connectivity index (χ1) is 9.00. The van der Waals surface area contributed by atoms with Crippen LogP contribution < -0.4 is 10.1 Å². The summed E-state index contributed by atoms with van der Waals surface area (Å²) in [7, 11) is 1.70. The van der Waals surface area contributed by atoms with Crippen LogP contribution in [0.3, 0.4) is 0 Å². The molecule has 2 atom stereocenters. The van der Waals surface area contributed by atoms with Gasteiger partial charge in [-0.15, -0.1) is 0 Å². The van der Waals surface area contributed by atoms with E-state index in [0.717, 1.165) is 25.1 Å². The second-order valence-electron chi connectivity index (χ2n) is 5.94. The lowest BCUT2D eigenvalue weighted by Gasteiger charge is -2.21. The second-order valence-corrected chi connectivity index (χ2v) is 5.94. The van der Waals surface area contributed by atoms with Crippen molar-refractivity contribution in [3.8, 4) is 5.75 Å². The van der Waals surface area contributed by atoms with Gasteiger partial charge in [-0.3, -0.25) is 0 Å². The molecule has 0 aromatic heterocycles. The highest BCUT2D eigenvalue weighted by molar-refractivity contribution is 5.30. The van der Waals surface area contributed by atoms with Crippen molar-refractivity contribution >= 4 is 0 Å². The van der Waals surface area contributed by atoms with Gasteiger partial charge in [0.2, 0.25) is 0 Å². The van der Waals surface area contributed by atoms with Crippen LogP contribution in [0.2, 0.25) is 0 Å². The number of ether oxygens (including phenoxy) is 2. The molecule has 1 unspecified atom stereocenters. The average molecular weight is 263 g/mol. The molecule has 0 bridgehead atoms. The van der Waals surface area contributed by atoms with Gasteiger partial charge in [0.1, 0.15) is 5.75 Å². The molecule has 1 N–H and O–H groups in total. The van der Waals surface area contributed by atoms with E-state index < -0.39 is 0 Å². The van der Waals surface area contributed by atoms with Gasteiger partial charge in [0.25, 0.3) is 0 Å². The SMILES string of the molecule is COc1cccc([C@H](C)NCC2CCC(C)(C)O2)c1. The van der Waals surface area contributed by atoms with Gasteiger partial charge in [-0.1, -0.05) is 12.1 Å². The molecule has 1 aliphatic heterocycles. The Morgan fingerprint density at radius 3 is 2.89 bits per heavy atom. The topological polar surface area (TPSA) is 30.5 Å². The predicted octanol–water partition coefficient (Wildman–Crippen LogP) is 3.30. The Labute approximate surface area is 116 Å². The van der Waals surface area contributed by atoms with Crippen LogP contribution in [0.4, 0.5) is 0 Å². The van der Waals surface area contributed by atoms with Gasteiger partial charge in [0.15, 0.2) is 0 Å². The van der Waals surface area contributed by atoms with Crippen LogP contribution in [0, 0.1) is 0 Å². The van der Waals surface area contributed by atoms with Crippen molar-refractivity contribution < 1.29 is 9.47 Å². The predicted molar refractivity (Wildman–Crippen MR) is 77.6 cm³/mol. The van der Waals surface area contributed by atoms with E-state index in [9.17, 15) is 0 Å². The van der Waals surface area contributed by atoms with Gasteiger partial charge in [-0.05, 0) is 51.3 Å². The second kappa shape index (κ2) is 5.93. The zero-order chi connectivity index (χ0) is 13.9. The van der Waals surface area contributed by atoms with Crippen molar-refractivity contribution in [2.75, 3.05) is 13.7 Å². The van der Waals surface area contributed by atoms with Crippen molar-refractivity contribution in [2.24, 2.45) is 0 Å². The summed E-state index contributed by atoms with van der Waals surface area (Å²) in [5, 5.41) is 3.55. The molecule has 3 heteroatoms. The van der Waals surface area contributed by atoms with Gasteiger partial charge in [0.05, 0.1) is 18.8 Å². The van der Waals surface area contributed by atoms with E-state index in [-0.39, 0.29) is 5.60 Å². The molecule has 0 amide bonds. The summed E-state index contributed by atoms with van der Waals surface area (Å²) in [6.07, 6.45) is 2.63. The zero-order valence-electron chi connectivity index (χ0n) is 12.4. The quantitative estimate of drug-likeness (QED) is 0.884. The molecule has 0 spiro atoms. The largest absolute Gasteiger partial charge is 0.497 e. The lowest BCUT2D eigenvalue weighted by Crippen LogP contribution is -2.31. The van der Waals surface area contributed by atoms with Gasteiger partial charge in [-0.25, -0.2) is 0 Å². The van der Waals surface area contributed by atoms with Crippen LogP contribution in [0.1, 0.15) is 45.2 Å². The maximum atomic E-state index is 5.99. The molecular formula is C16H25NO2. The Hall–Kier alpha value is -1.06. The molecule has 1 aliphatic rings. The summed E-state index contributed by atoms with van der Waals surface area (Å²) in [6.45, 7) is 7.41. The highest BCUT2D eigenvalue weighted by Gasteiger charge is 2.31. The van der Waals surface area contributed by atoms with Crippen molar-refractivity contribution in [1.29, 1.82) is 0 Å². The monoisotopic (exact) mass is 263 g/mol. The minimum absolute atomic E-state index is 0.0472. The molecule has 2 rings (SSSR count). The lowest BCUT2D eigenvalue weighted by molar-refractivity contribution is -0.0150. The van der Waals surface area contributed by atoms with E-state index >= 15 is 0 Å². The number of benzene rings is 1. The van der Waals surface area contributed by atoms with Crippen molar-refractivity contribution in [2.45, 2.75) is 51.4 Å². The number of nitrogens with one attached hydrogen (secondary N) is 1. The molecule has 1 aromatic carbocycles. The fraction of sp³-hybridized carbons (Fsp3) is 0.625. The normalized spacial score (nSPS) is 23.3. The fourth-order valence-electron chi connectivity index (χ4n) is 2.56. The molecular weight excluding hydrogens is 238 g/mol. The van der Waals surface area contributed by atoms with Crippen LogP contribution in [-0.2, 0) is 4.74 Å². The smallest absolute Gasteiger partial charge is 0.119 e. The molecule has 1 fully saturated rings. The third-order valence-electron chi connectivity index (χ3n) is 3.80. The molecule has 0 saturated carbocycles. The van der Waals surface area contributed by atoms with E-state index in [1.807, 2.05) is 12.1 Å². The number of hydrogen-bond donors (Lipinski definition) is 1. The number of methoxy groups -OCH3 is 1. The molecule has 1 heterocycles. The van der Waals surface area contributed by atoms with Gasteiger partial charge < -0.3 is 14.8 Å². The molecule has 1 aromatic rings. The first-order valence-electron chi connectivity index (χ1n) is 7.05. The van der Waals surface area contributed by atoms with Crippen LogP contribution in [0.5, 0.6) is 5.75 Å². The van der Waals surface area contributed by atoms with Gasteiger partial charge in [0, 0.05) is 12.6 Å². The van der Waals surface area contributed by atoms with Gasteiger partial charge in [-0.2, -0.15) is 0 Å². The van der Waals surface area contributed by atoms with E-state index in [4.69, 9.17) is 9.47 Å². The van der Waals surface area contributed by atoms with Crippen molar-refractivity contribution in [3.63, 3.8) is 0 Å². The Morgan fingerprint density at radius 1 is 1.47 bits per heavy atom. The van der Waals surface area contributed by atoms with Gasteiger partial charge >= 0.3 is 0 Å². The maximum Gasteiger partial charge on any atom is 0.119 e. The maximum absolute atomic E-state index is 5.99. The van der Waals surface area contributed by atoms with E-state index in [0.29, 0.717) is 12.1 Å². The van der Waals surface area contributed by atoms with E-state index in [1.165, 1.54) is 5.56 Å². The minimum Gasteiger partial charge on any atom is -0.497 e. The van der Waals surface area contributed by atoms with Crippen LogP contribution >= 0.6 is 0 Å². The molecule has 3 nitrogen and oxygen atoms in total. The fourth-order valence-corrected chi connectivity index (χ4v) is 2.56. The highest BCUT2D eigenvalue weighted by Crippen LogP contribution is 2.29. The Morgan fingerprint density at radius 2 is 2.26 bits per heavy atom. The molecule has 0 aliphatic carbocycles. The highest BCUT2D eigenvalue weighted by atomic mass is 16.5. The molecule has 106 valence electrons. The Balaban J connectivity index is 1.85. The Bertz CT molecular complexity index is 417. The van der Waals surface area contributed by atoms with Crippen LogP contribution in [0.25, 0.3) is 0 Å². The summed E-state index contributed by atoms with van der Waals surface area (Å²) in [4.78, 5) is 0. The number of hydrogen-bond acceptors (Lipinski definition) is 3. The summed E-state index contributed by atoms with van der Waals surface area (Å²) in [5.41, 5.74) is 1.29. The number of rotatable bonds is 5. The third kappa shape index (κ3) is 3.95. The average Bonchev–Trinajstić information content (AvgIpc) is 2.75. The first kappa shape index (κ1) is 14.4. The standard InChI is InChI=1S/C16H25NO2/c1-12(13-6-5-7-14(10-13)18-4)17-11-15-8-9-16(2,3)19-15/h5-7,10,12,15,17H,8-9,11H2,1-4H3/t12-,15?/m0/s1. The summed E-state index contributed by atoms with van der Waals surface area (Å²) < 4.78 is 11.3. The first-order valence-corrected chi connectivity index (χ1v) is 7.05. The zero-order valence-corrected chi connectivity index (χ0v) is 12.4. The minimum atomic E-state index is 0.0472. The third-order valence-corrected chi connectivity index (χ3v) is 3.80. The Kier molecular flexibility index (Phi) is 4.48. The lowest BCUT2D eigenvalue weighted by atomic mass is 10.1. The van der Waals surface area contributed by atoms with E-state index in [1.54, 1.807) is 7.11 Å². The summed E-state index contributed by atoms with van der Waals surface area (Å²) in [6, 6.07) is 8.51. The van der Waals surface area contributed by atoms with Crippen molar-refractivity contribution in [3.05, 3.63) is 29.8 Å². The van der Waals surface area contributed by atoms with E-state index in [2.05, 4.69) is 38.2 Å². The van der Waals surface area contributed by atoms with Crippen LogP contribution in [-0.4, -0.2) is 25.4 Å².